The van der Waals surface area contributed by atoms with E-state index in [2.05, 4.69) is 6.08 Å². The number of carbonyl (C=O) groups is 1. The van der Waals surface area contributed by atoms with Crippen LogP contribution in [0.15, 0.2) is 76.7 Å². The number of anilines is 2. The van der Waals surface area contributed by atoms with Crippen molar-refractivity contribution in [2.45, 2.75) is 18.0 Å². The van der Waals surface area contributed by atoms with Gasteiger partial charge in [0, 0.05) is 15.5 Å². The molecule has 2 aliphatic rings. The smallest absolute Gasteiger partial charge is 0.254 e. The summed E-state index contributed by atoms with van der Waals surface area (Å²) in [5, 5.41) is 9.03. The Morgan fingerprint density at radius 1 is 1.12 bits per heavy atom. The van der Waals surface area contributed by atoms with Gasteiger partial charge in [-0.25, -0.2) is 9.99 Å². The van der Waals surface area contributed by atoms with Crippen LogP contribution in [0.1, 0.15) is 11.8 Å². The molecule has 0 bridgehead atoms. The van der Waals surface area contributed by atoms with Crippen LogP contribution in [0.5, 0.6) is 0 Å². The summed E-state index contributed by atoms with van der Waals surface area (Å²) in [6.45, 7) is 1.94. The standard InChI is InChI=1S/C24H16Cl2N4OS2/c1-14-18(13-17-8-5-11-32-17)24(30(28-14)16-7-4-6-15(25)12-16)21(26)22(31)29(24)23-27-19-9-2-3-10-20(19)33-23/h2-13,21H,1H3/b18-13+. The molecule has 4 aromatic rings. The lowest BCUT2D eigenvalue weighted by Gasteiger charge is -2.55. The second kappa shape index (κ2) is 7.67. The van der Waals surface area contributed by atoms with E-state index in [1.54, 1.807) is 16.2 Å². The highest BCUT2D eigenvalue weighted by Crippen LogP contribution is 2.54. The number of rotatable bonds is 3. The van der Waals surface area contributed by atoms with Crippen molar-refractivity contribution in [1.82, 2.24) is 4.98 Å². The fraction of sp³-hybridized carbons (Fsp3) is 0.125. The number of hydrogen-bond donors (Lipinski definition) is 0. The second-order valence-electron chi connectivity index (χ2n) is 7.78. The van der Waals surface area contributed by atoms with Crippen LogP contribution in [0.2, 0.25) is 5.02 Å². The Morgan fingerprint density at radius 3 is 2.73 bits per heavy atom. The van der Waals surface area contributed by atoms with Gasteiger partial charge in [0.15, 0.2) is 16.2 Å². The fourth-order valence-electron chi connectivity index (χ4n) is 4.40. The number of halogens is 2. The zero-order valence-electron chi connectivity index (χ0n) is 17.3. The molecule has 164 valence electrons. The molecule has 0 N–H and O–H groups in total. The number of benzene rings is 2. The van der Waals surface area contributed by atoms with Crippen LogP contribution in [0, 0.1) is 0 Å². The lowest BCUT2D eigenvalue weighted by atomic mass is 9.82. The van der Waals surface area contributed by atoms with Crippen molar-refractivity contribution in [1.29, 1.82) is 0 Å². The second-order valence-corrected chi connectivity index (χ2v) is 10.6. The molecule has 5 nitrogen and oxygen atoms in total. The monoisotopic (exact) mass is 510 g/mol. The molecule has 33 heavy (non-hydrogen) atoms. The zero-order valence-corrected chi connectivity index (χ0v) is 20.4. The molecule has 2 aliphatic heterocycles. The number of thiazole rings is 1. The maximum absolute atomic E-state index is 13.3. The van der Waals surface area contributed by atoms with E-state index >= 15 is 0 Å². The van der Waals surface area contributed by atoms with Crippen LogP contribution in [0.4, 0.5) is 10.8 Å². The highest BCUT2D eigenvalue weighted by Gasteiger charge is 2.69. The molecule has 2 aromatic carbocycles. The van der Waals surface area contributed by atoms with E-state index in [1.165, 1.54) is 11.3 Å². The maximum Gasteiger partial charge on any atom is 0.254 e. The molecule has 1 fully saturated rings. The Hall–Kier alpha value is -2.71. The van der Waals surface area contributed by atoms with Crippen molar-refractivity contribution in [3.05, 3.63) is 81.5 Å². The minimum absolute atomic E-state index is 0.204. The zero-order chi connectivity index (χ0) is 22.7. The molecule has 2 atom stereocenters. The van der Waals surface area contributed by atoms with Crippen molar-refractivity contribution in [2.75, 3.05) is 9.91 Å². The quantitative estimate of drug-likeness (QED) is 0.229. The Bertz CT molecular complexity index is 1430. The summed E-state index contributed by atoms with van der Waals surface area (Å²) < 4.78 is 1.00. The number of aromatic nitrogens is 1. The van der Waals surface area contributed by atoms with Crippen molar-refractivity contribution >= 4 is 84.6 Å². The normalized spacial score (nSPS) is 23.6. The molecule has 2 aromatic heterocycles. The molecule has 4 heterocycles. The topological polar surface area (TPSA) is 48.8 Å². The van der Waals surface area contributed by atoms with Crippen molar-refractivity contribution in [3.8, 4) is 0 Å². The van der Waals surface area contributed by atoms with E-state index in [0.717, 1.165) is 32.1 Å². The van der Waals surface area contributed by atoms with E-state index in [-0.39, 0.29) is 5.91 Å². The van der Waals surface area contributed by atoms with E-state index in [1.807, 2.05) is 78.0 Å². The van der Waals surface area contributed by atoms with Crippen LogP contribution in [-0.2, 0) is 4.79 Å². The average molecular weight is 511 g/mol. The first-order valence-corrected chi connectivity index (χ1v) is 12.7. The Labute approximate surface area is 208 Å². The number of hydrazone groups is 1. The van der Waals surface area contributed by atoms with Gasteiger partial charge in [-0.3, -0.25) is 9.69 Å². The first-order chi connectivity index (χ1) is 16.0. The SMILES string of the molecule is CC1=NN(c2cccc(Cl)c2)C2(/C1=C/c1cccs1)C(Cl)C(=O)N2c1nc2ccccc2s1. The van der Waals surface area contributed by atoms with Gasteiger partial charge in [0.25, 0.3) is 5.91 Å². The summed E-state index contributed by atoms with van der Waals surface area (Å²) in [7, 11) is 0. The summed E-state index contributed by atoms with van der Waals surface area (Å²) in [6, 6.07) is 19.3. The van der Waals surface area contributed by atoms with Crippen LogP contribution < -0.4 is 9.91 Å². The van der Waals surface area contributed by atoms with Gasteiger partial charge in [-0.1, -0.05) is 47.2 Å². The summed E-state index contributed by atoms with van der Waals surface area (Å²) in [5.74, 6) is -0.204. The summed E-state index contributed by atoms with van der Waals surface area (Å²) >= 11 is 16.3. The van der Waals surface area contributed by atoms with Gasteiger partial charge in [-0.15, -0.1) is 22.9 Å². The molecule has 0 saturated carbocycles. The minimum Gasteiger partial charge on any atom is -0.272 e. The lowest BCUT2D eigenvalue weighted by Crippen LogP contribution is -2.79. The van der Waals surface area contributed by atoms with Crippen molar-refractivity contribution in [2.24, 2.45) is 5.10 Å². The molecule has 2 unspecified atom stereocenters. The van der Waals surface area contributed by atoms with Crippen LogP contribution >= 0.6 is 45.9 Å². The van der Waals surface area contributed by atoms with Crippen LogP contribution in [0.25, 0.3) is 16.3 Å². The molecule has 1 amide bonds. The molecule has 1 saturated heterocycles. The number of thiophene rings is 1. The highest BCUT2D eigenvalue weighted by atomic mass is 35.5. The van der Waals surface area contributed by atoms with Gasteiger partial charge < -0.3 is 0 Å². The number of fused-ring (bicyclic) bond motifs is 1. The molecule has 9 heteroatoms. The number of nitrogens with zero attached hydrogens (tertiary/aromatic N) is 4. The molecular formula is C24H16Cl2N4OS2. The number of para-hydroxylation sites is 1. The molecular weight excluding hydrogens is 495 g/mol. The molecule has 6 rings (SSSR count). The Kier molecular flexibility index (Phi) is 4.85. The van der Waals surface area contributed by atoms with Gasteiger partial charge >= 0.3 is 0 Å². The summed E-state index contributed by atoms with van der Waals surface area (Å²) in [5.41, 5.74) is 2.19. The third kappa shape index (κ3) is 3.00. The van der Waals surface area contributed by atoms with E-state index in [9.17, 15) is 4.79 Å². The summed E-state index contributed by atoms with van der Waals surface area (Å²) in [6.07, 6.45) is 2.07. The van der Waals surface area contributed by atoms with Gasteiger partial charge in [0.1, 0.15) is 0 Å². The first kappa shape index (κ1) is 20.9. The number of alkyl halides is 1. The third-order valence-corrected chi connectivity index (χ3v) is 8.41. The Balaban J connectivity index is 1.59. The lowest BCUT2D eigenvalue weighted by molar-refractivity contribution is -0.125. The van der Waals surface area contributed by atoms with Crippen molar-refractivity contribution in [3.63, 3.8) is 0 Å². The fourth-order valence-corrected chi connectivity index (χ4v) is 6.68. The number of carbonyl (C=O) groups excluding carboxylic acids is 1. The predicted octanol–water partition coefficient (Wildman–Crippen LogP) is 6.64. The third-order valence-electron chi connectivity index (χ3n) is 5.85. The van der Waals surface area contributed by atoms with Crippen molar-refractivity contribution < 1.29 is 4.79 Å². The maximum atomic E-state index is 13.3. The molecule has 0 radical (unpaired) electrons. The minimum atomic E-state index is -1.05. The number of hydrogen-bond acceptors (Lipinski definition) is 6. The van der Waals surface area contributed by atoms with Gasteiger partial charge in [0.05, 0.1) is 21.6 Å². The summed E-state index contributed by atoms with van der Waals surface area (Å²) in [4.78, 5) is 20.9. The van der Waals surface area contributed by atoms with E-state index < -0.39 is 11.0 Å². The Morgan fingerprint density at radius 2 is 1.97 bits per heavy atom. The number of amides is 1. The van der Waals surface area contributed by atoms with Crippen LogP contribution in [-0.4, -0.2) is 27.6 Å². The van der Waals surface area contributed by atoms with E-state index in [0.29, 0.717) is 10.2 Å². The van der Waals surface area contributed by atoms with Gasteiger partial charge in [-0.2, -0.15) is 5.10 Å². The highest BCUT2D eigenvalue weighted by molar-refractivity contribution is 7.22. The van der Waals surface area contributed by atoms with Gasteiger partial charge in [0.2, 0.25) is 0 Å². The largest absolute Gasteiger partial charge is 0.272 e. The predicted molar refractivity (Wildman–Crippen MR) is 139 cm³/mol. The van der Waals surface area contributed by atoms with Crippen LogP contribution in [0.3, 0.4) is 0 Å². The first-order valence-electron chi connectivity index (χ1n) is 10.2. The van der Waals surface area contributed by atoms with E-state index in [4.69, 9.17) is 33.3 Å². The average Bonchev–Trinajstić information content (AvgIpc) is 3.54. The molecule has 1 spiro atoms. The van der Waals surface area contributed by atoms with Gasteiger partial charge in [-0.05, 0) is 54.8 Å². The molecule has 0 aliphatic carbocycles. The number of β-lactam (4-membered cyclic amide) rings is 1.